The van der Waals surface area contributed by atoms with Crippen LogP contribution in [0.2, 0.25) is 0 Å². The van der Waals surface area contributed by atoms with Crippen LogP contribution in [0.5, 0.6) is 0 Å². The molecule has 0 spiro atoms. The van der Waals surface area contributed by atoms with E-state index in [-0.39, 0.29) is 23.1 Å². The topological polar surface area (TPSA) is 110 Å². The Morgan fingerprint density at radius 3 is 2.53 bits per heavy atom. The van der Waals surface area contributed by atoms with Crippen molar-refractivity contribution < 1.29 is 18.4 Å². The maximum atomic E-state index is 12.0. The number of benzene rings is 1. The van der Waals surface area contributed by atoms with Crippen molar-refractivity contribution in [2.75, 3.05) is 6.61 Å². The molecule has 0 heterocycles. The second-order valence-electron chi connectivity index (χ2n) is 4.41. The van der Waals surface area contributed by atoms with E-state index in [0.29, 0.717) is 0 Å². The Kier molecular flexibility index (Phi) is 4.98. The van der Waals surface area contributed by atoms with E-state index < -0.39 is 21.0 Å². The molecule has 1 rings (SSSR count). The zero-order valence-corrected chi connectivity index (χ0v) is 11.4. The average Bonchev–Trinajstić information content (AvgIpc) is 2.35. The molecule has 2 N–H and O–H groups in total. The largest absolute Gasteiger partial charge is 0.395 e. The first kappa shape index (κ1) is 15.5. The van der Waals surface area contributed by atoms with Gasteiger partial charge in [0.1, 0.15) is 0 Å². The highest BCUT2D eigenvalue weighted by atomic mass is 32.2. The third-order valence-electron chi connectivity index (χ3n) is 2.65. The molecule has 1 aromatic rings. The lowest BCUT2D eigenvalue weighted by molar-refractivity contribution is -0.385. The summed E-state index contributed by atoms with van der Waals surface area (Å²) >= 11 is 0. The molecule has 7 nitrogen and oxygen atoms in total. The molecule has 0 aliphatic carbocycles. The molecule has 0 bridgehead atoms. The van der Waals surface area contributed by atoms with Gasteiger partial charge >= 0.3 is 0 Å². The molecule has 8 heteroatoms. The fourth-order valence-corrected chi connectivity index (χ4v) is 2.83. The van der Waals surface area contributed by atoms with Gasteiger partial charge in [-0.25, -0.2) is 13.1 Å². The van der Waals surface area contributed by atoms with Crippen LogP contribution >= 0.6 is 0 Å². The summed E-state index contributed by atoms with van der Waals surface area (Å²) in [7, 11) is -3.89. The van der Waals surface area contributed by atoms with Gasteiger partial charge in [-0.15, -0.1) is 0 Å². The summed E-state index contributed by atoms with van der Waals surface area (Å²) in [5, 5.41) is 19.7. The van der Waals surface area contributed by atoms with E-state index in [0.717, 1.165) is 6.07 Å². The molecule has 0 aliphatic heterocycles. The fraction of sp³-hybridized carbons (Fsp3) is 0.455. The van der Waals surface area contributed by atoms with Crippen molar-refractivity contribution in [1.29, 1.82) is 0 Å². The molecule has 0 aliphatic rings. The van der Waals surface area contributed by atoms with Crippen LogP contribution < -0.4 is 4.72 Å². The van der Waals surface area contributed by atoms with Gasteiger partial charge in [0, 0.05) is 18.2 Å². The van der Waals surface area contributed by atoms with Crippen molar-refractivity contribution >= 4 is 15.7 Å². The summed E-state index contributed by atoms with van der Waals surface area (Å²) in [6.07, 6.45) is 0. The number of nitrogens with one attached hydrogen (secondary N) is 1. The fourth-order valence-electron chi connectivity index (χ4n) is 1.42. The Bertz CT molecular complexity index is 556. The van der Waals surface area contributed by atoms with Crippen LogP contribution in [0.1, 0.15) is 13.8 Å². The molecule has 19 heavy (non-hydrogen) atoms. The molecule has 0 radical (unpaired) electrons. The van der Waals surface area contributed by atoms with Crippen LogP contribution in [-0.4, -0.2) is 31.1 Å². The van der Waals surface area contributed by atoms with Gasteiger partial charge < -0.3 is 5.11 Å². The number of rotatable bonds is 6. The molecule has 0 amide bonds. The van der Waals surface area contributed by atoms with Gasteiger partial charge in [-0.2, -0.15) is 0 Å². The summed E-state index contributed by atoms with van der Waals surface area (Å²) in [5.74, 6) is -0.0986. The predicted molar refractivity (Wildman–Crippen MR) is 69.1 cm³/mol. The first-order valence-corrected chi connectivity index (χ1v) is 7.14. The number of aliphatic hydroxyl groups excluding tert-OH is 1. The number of hydrogen-bond acceptors (Lipinski definition) is 5. The summed E-state index contributed by atoms with van der Waals surface area (Å²) in [5.41, 5.74) is -0.298. The standard InChI is InChI=1S/C11H16N2O5S/c1-8(2)11(7-14)12-19(17,18)10-5-3-4-9(6-10)13(15)16/h3-6,8,11-12,14H,7H2,1-2H3/t11-/m1/s1. The smallest absolute Gasteiger partial charge is 0.270 e. The molecule has 106 valence electrons. The summed E-state index contributed by atoms with van der Waals surface area (Å²) in [6, 6.07) is 4.13. The minimum atomic E-state index is -3.89. The second-order valence-corrected chi connectivity index (χ2v) is 6.12. The van der Waals surface area contributed by atoms with Crippen LogP contribution in [0.4, 0.5) is 5.69 Å². The van der Waals surface area contributed by atoms with Gasteiger partial charge in [-0.1, -0.05) is 19.9 Å². The minimum Gasteiger partial charge on any atom is -0.395 e. The summed E-state index contributed by atoms with van der Waals surface area (Å²) in [6.45, 7) is 3.18. The number of aliphatic hydroxyl groups is 1. The molecular formula is C11H16N2O5S. The maximum absolute atomic E-state index is 12.0. The molecule has 0 saturated carbocycles. The lowest BCUT2D eigenvalue weighted by Gasteiger charge is -2.19. The van der Waals surface area contributed by atoms with Crippen LogP contribution in [0.25, 0.3) is 0 Å². The number of nitrogens with zero attached hydrogens (tertiary/aromatic N) is 1. The van der Waals surface area contributed by atoms with E-state index in [9.17, 15) is 18.5 Å². The first-order valence-electron chi connectivity index (χ1n) is 5.65. The lowest BCUT2D eigenvalue weighted by atomic mass is 10.1. The first-order chi connectivity index (χ1) is 8.77. The molecule has 0 unspecified atom stereocenters. The lowest BCUT2D eigenvalue weighted by Crippen LogP contribution is -2.41. The number of nitro benzene ring substituents is 1. The highest BCUT2D eigenvalue weighted by Crippen LogP contribution is 2.18. The van der Waals surface area contributed by atoms with Crippen molar-refractivity contribution in [3.8, 4) is 0 Å². The van der Waals surface area contributed by atoms with Crippen molar-refractivity contribution in [1.82, 2.24) is 4.72 Å². The van der Waals surface area contributed by atoms with Gasteiger partial charge in [0.2, 0.25) is 10.0 Å². The molecule has 0 aromatic heterocycles. The number of hydrogen-bond donors (Lipinski definition) is 2. The minimum absolute atomic E-state index is 0.0986. The van der Waals surface area contributed by atoms with Gasteiger partial charge in [0.15, 0.2) is 0 Å². The Hall–Kier alpha value is -1.51. The SMILES string of the molecule is CC(C)[C@@H](CO)NS(=O)(=O)c1cccc([N+](=O)[O-])c1. The van der Waals surface area contributed by atoms with Gasteiger partial charge in [-0.3, -0.25) is 10.1 Å². The predicted octanol–water partition coefficient (Wildman–Crippen LogP) is 0.890. The quantitative estimate of drug-likeness (QED) is 0.596. The molecule has 0 saturated heterocycles. The molecule has 1 aromatic carbocycles. The second kappa shape index (κ2) is 6.09. The van der Waals surface area contributed by atoms with Crippen LogP contribution in [0.3, 0.4) is 0 Å². The van der Waals surface area contributed by atoms with E-state index in [1.165, 1.54) is 18.2 Å². The highest BCUT2D eigenvalue weighted by molar-refractivity contribution is 7.89. The molecular weight excluding hydrogens is 272 g/mol. The van der Waals surface area contributed by atoms with E-state index >= 15 is 0 Å². The van der Waals surface area contributed by atoms with E-state index in [1.54, 1.807) is 13.8 Å². The Balaban J connectivity index is 3.06. The summed E-state index contributed by atoms with van der Waals surface area (Å²) < 4.78 is 26.4. The maximum Gasteiger partial charge on any atom is 0.270 e. The normalized spacial score (nSPS) is 13.5. The van der Waals surface area contributed by atoms with Crippen molar-refractivity contribution in [2.24, 2.45) is 5.92 Å². The summed E-state index contributed by atoms with van der Waals surface area (Å²) in [4.78, 5) is 9.76. The molecule has 1 atom stereocenters. The third kappa shape index (κ3) is 3.98. The van der Waals surface area contributed by atoms with Gasteiger partial charge in [0.05, 0.1) is 16.4 Å². The molecule has 0 fully saturated rings. The number of sulfonamides is 1. The highest BCUT2D eigenvalue weighted by Gasteiger charge is 2.23. The van der Waals surface area contributed by atoms with Gasteiger partial charge in [0.25, 0.3) is 5.69 Å². The Morgan fingerprint density at radius 1 is 1.42 bits per heavy atom. The zero-order valence-electron chi connectivity index (χ0n) is 10.6. The monoisotopic (exact) mass is 288 g/mol. The van der Waals surface area contributed by atoms with Gasteiger partial charge in [-0.05, 0) is 12.0 Å². The Morgan fingerprint density at radius 2 is 2.05 bits per heavy atom. The average molecular weight is 288 g/mol. The number of non-ortho nitro benzene ring substituents is 1. The van der Waals surface area contributed by atoms with Crippen molar-refractivity contribution in [2.45, 2.75) is 24.8 Å². The Labute approximate surface area is 111 Å². The van der Waals surface area contributed by atoms with E-state index in [1.807, 2.05) is 0 Å². The third-order valence-corrected chi connectivity index (χ3v) is 4.13. The zero-order chi connectivity index (χ0) is 14.6. The van der Waals surface area contributed by atoms with Crippen molar-refractivity contribution in [3.05, 3.63) is 34.4 Å². The van der Waals surface area contributed by atoms with Crippen LogP contribution in [-0.2, 0) is 10.0 Å². The van der Waals surface area contributed by atoms with Crippen molar-refractivity contribution in [3.63, 3.8) is 0 Å². The van der Waals surface area contributed by atoms with E-state index in [2.05, 4.69) is 4.72 Å². The van der Waals surface area contributed by atoms with Crippen LogP contribution in [0.15, 0.2) is 29.2 Å². The van der Waals surface area contributed by atoms with E-state index in [4.69, 9.17) is 5.11 Å². The van der Waals surface area contributed by atoms with Crippen LogP contribution in [0, 0.1) is 16.0 Å². The number of nitro groups is 1.